The zero-order chi connectivity index (χ0) is 17.8. The summed E-state index contributed by atoms with van der Waals surface area (Å²) in [5.41, 5.74) is 1.93. The van der Waals surface area contributed by atoms with Crippen LogP contribution >= 0.6 is 0 Å². The normalized spacial score (nSPS) is 20.2. The van der Waals surface area contributed by atoms with E-state index in [-0.39, 0.29) is 0 Å². The highest BCUT2D eigenvalue weighted by atomic mass is 15.1. The maximum Gasteiger partial charge on any atom is 0.163 e. The van der Waals surface area contributed by atoms with Crippen LogP contribution in [0.1, 0.15) is 45.4 Å². The van der Waals surface area contributed by atoms with Gasteiger partial charge in [0.15, 0.2) is 5.82 Å². The number of anilines is 1. The number of para-hydroxylation sites is 1. The molecule has 1 N–H and O–H groups in total. The summed E-state index contributed by atoms with van der Waals surface area (Å²) in [6.07, 6.45) is 11.4. The van der Waals surface area contributed by atoms with E-state index in [1.165, 1.54) is 38.5 Å². The number of pyridine rings is 1. The van der Waals surface area contributed by atoms with Crippen LogP contribution in [-0.2, 0) is 0 Å². The van der Waals surface area contributed by atoms with Crippen LogP contribution in [0.3, 0.4) is 0 Å². The largest absolute Gasteiger partial charge is 0.367 e. The van der Waals surface area contributed by atoms with Gasteiger partial charge < -0.3 is 5.32 Å². The third-order valence-electron chi connectivity index (χ3n) is 5.41. The highest BCUT2D eigenvalue weighted by Crippen LogP contribution is 2.31. The van der Waals surface area contributed by atoms with E-state index in [0.717, 1.165) is 34.0 Å². The monoisotopic (exact) mass is 346 g/mol. The Labute approximate surface area is 155 Å². The first-order valence-corrected chi connectivity index (χ1v) is 9.77. The van der Waals surface area contributed by atoms with Crippen molar-refractivity contribution in [3.05, 3.63) is 48.8 Å². The lowest BCUT2D eigenvalue weighted by Crippen LogP contribution is -2.26. The van der Waals surface area contributed by atoms with E-state index >= 15 is 0 Å². The van der Waals surface area contributed by atoms with Crippen LogP contribution < -0.4 is 5.32 Å². The average Bonchev–Trinajstić information content (AvgIpc) is 2.70. The summed E-state index contributed by atoms with van der Waals surface area (Å²) in [6, 6.07) is 12.7. The summed E-state index contributed by atoms with van der Waals surface area (Å²) in [5, 5.41) is 4.82. The number of nitrogens with one attached hydrogen (secondary N) is 1. The fourth-order valence-corrected chi connectivity index (χ4v) is 4.01. The molecule has 0 radical (unpaired) electrons. The Morgan fingerprint density at radius 2 is 1.85 bits per heavy atom. The van der Waals surface area contributed by atoms with Gasteiger partial charge in [-0.1, -0.05) is 31.9 Å². The minimum Gasteiger partial charge on any atom is -0.367 e. The number of hydrogen-bond donors (Lipinski definition) is 1. The molecule has 0 unspecified atom stereocenters. The minimum atomic E-state index is 0.503. The quantitative estimate of drug-likeness (QED) is 0.666. The van der Waals surface area contributed by atoms with Crippen LogP contribution in [0.15, 0.2) is 48.8 Å². The molecule has 2 aromatic heterocycles. The molecule has 0 atom stereocenters. The number of benzene rings is 1. The third kappa shape index (κ3) is 3.69. The van der Waals surface area contributed by atoms with Gasteiger partial charge in [0.05, 0.1) is 5.52 Å². The van der Waals surface area contributed by atoms with Gasteiger partial charge in [-0.15, -0.1) is 0 Å². The molecule has 4 rings (SSSR count). The second-order valence-electron chi connectivity index (χ2n) is 7.31. The highest BCUT2D eigenvalue weighted by Gasteiger charge is 2.21. The first-order valence-electron chi connectivity index (χ1n) is 9.77. The summed E-state index contributed by atoms with van der Waals surface area (Å²) < 4.78 is 0. The van der Waals surface area contributed by atoms with Gasteiger partial charge in [-0.3, -0.25) is 4.98 Å². The summed E-state index contributed by atoms with van der Waals surface area (Å²) in [7, 11) is 0. The van der Waals surface area contributed by atoms with E-state index < -0.39 is 0 Å². The number of fused-ring (bicyclic) bond motifs is 1. The van der Waals surface area contributed by atoms with Crippen molar-refractivity contribution >= 4 is 16.7 Å². The first kappa shape index (κ1) is 17.0. The minimum absolute atomic E-state index is 0.503. The SMILES string of the molecule is CCCC1CCC(Nc2nc(-c3cccnc3)nc3ccccc23)CC1. The maximum atomic E-state index is 4.86. The Balaban J connectivity index is 1.62. The van der Waals surface area contributed by atoms with Gasteiger partial charge in [0, 0.05) is 29.4 Å². The van der Waals surface area contributed by atoms with Gasteiger partial charge in [-0.05, 0) is 55.9 Å². The summed E-state index contributed by atoms with van der Waals surface area (Å²) in [5.74, 6) is 2.60. The van der Waals surface area contributed by atoms with Crippen LogP contribution in [0.25, 0.3) is 22.3 Å². The van der Waals surface area contributed by atoms with Gasteiger partial charge in [-0.2, -0.15) is 0 Å². The van der Waals surface area contributed by atoms with E-state index in [4.69, 9.17) is 9.97 Å². The van der Waals surface area contributed by atoms with Gasteiger partial charge in [0.2, 0.25) is 0 Å². The van der Waals surface area contributed by atoms with E-state index in [1.54, 1.807) is 6.20 Å². The number of nitrogens with zero attached hydrogens (tertiary/aromatic N) is 3. The number of hydrogen-bond acceptors (Lipinski definition) is 4. The smallest absolute Gasteiger partial charge is 0.163 e. The van der Waals surface area contributed by atoms with E-state index in [2.05, 4.69) is 35.4 Å². The standard InChI is InChI=1S/C22H26N4/c1-2-6-16-10-12-18(13-11-16)24-22-19-8-3-4-9-20(19)25-21(26-22)17-7-5-14-23-15-17/h3-5,7-9,14-16,18H,2,6,10-13H2,1H3,(H,24,25,26). The van der Waals surface area contributed by atoms with Crippen LogP contribution in [0.2, 0.25) is 0 Å². The van der Waals surface area contributed by atoms with Crippen molar-refractivity contribution < 1.29 is 0 Å². The second kappa shape index (κ2) is 7.81. The Bertz CT molecular complexity index is 854. The van der Waals surface area contributed by atoms with Crippen molar-refractivity contribution in [1.82, 2.24) is 15.0 Å². The Morgan fingerprint density at radius 1 is 1.00 bits per heavy atom. The van der Waals surface area contributed by atoms with Gasteiger partial charge >= 0.3 is 0 Å². The second-order valence-corrected chi connectivity index (χ2v) is 7.31. The predicted molar refractivity (Wildman–Crippen MR) is 107 cm³/mol. The maximum absolute atomic E-state index is 4.86. The third-order valence-corrected chi connectivity index (χ3v) is 5.41. The molecule has 4 heteroatoms. The summed E-state index contributed by atoms with van der Waals surface area (Å²) >= 11 is 0. The molecular weight excluding hydrogens is 320 g/mol. The van der Waals surface area contributed by atoms with Crippen molar-refractivity contribution in [2.75, 3.05) is 5.32 Å². The summed E-state index contributed by atoms with van der Waals surface area (Å²) in [6.45, 7) is 2.29. The predicted octanol–water partition coefficient (Wildman–Crippen LogP) is 5.46. The molecule has 0 saturated heterocycles. The molecular formula is C22H26N4. The highest BCUT2D eigenvalue weighted by molar-refractivity contribution is 5.90. The molecule has 0 aliphatic heterocycles. The molecule has 2 heterocycles. The summed E-state index contributed by atoms with van der Waals surface area (Å²) in [4.78, 5) is 13.8. The fourth-order valence-electron chi connectivity index (χ4n) is 4.01. The van der Waals surface area contributed by atoms with Crippen molar-refractivity contribution in [2.45, 2.75) is 51.5 Å². The van der Waals surface area contributed by atoms with Crippen LogP contribution in [-0.4, -0.2) is 21.0 Å². The van der Waals surface area contributed by atoms with Gasteiger partial charge in [0.1, 0.15) is 5.82 Å². The Morgan fingerprint density at radius 3 is 2.62 bits per heavy atom. The molecule has 1 saturated carbocycles. The van der Waals surface area contributed by atoms with Crippen molar-refractivity contribution in [3.63, 3.8) is 0 Å². The average molecular weight is 346 g/mol. The lowest BCUT2D eigenvalue weighted by atomic mass is 9.83. The van der Waals surface area contributed by atoms with E-state index in [9.17, 15) is 0 Å². The van der Waals surface area contributed by atoms with Crippen LogP contribution in [0.4, 0.5) is 5.82 Å². The Kier molecular flexibility index (Phi) is 5.09. The molecule has 1 aliphatic rings. The fraction of sp³-hybridized carbons (Fsp3) is 0.409. The molecule has 1 aromatic carbocycles. The molecule has 4 nitrogen and oxygen atoms in total. The van der Waals surface area contributed by atoms with Crippen LogP contribution in [0, 0.1) is 5.92 Å². The Hall–Kier alpha value is -2.49. The topological polar surface area (TPSA) is 50.7 Å². The van der Waals surface area contributed by atoms with Crippen molar-refractivity contribution in [1.29, 1.82) is 0 Å². The van der Waals surface area contributed by atoms with Gasteiger partial charge in [0.25, 0.3) is 0 Å². The molecule has 1 fully saturated rings. The lowest BCUT2D eigenvalue weighted by Gasteiger charge is -2.29. The zero-order valence-corrected chi connectivity index (χ0v) is 15.4. The zero-order valence-electron chi connectivity index (χ0n) is 15.4. The molecule has 1 aliphatic carbocycles. The molecule has 134 valence electrons. The number of rotatable bonds is 5. The molecule has 0 spiro atoms. The molecule has 0 bridgehead atoms. The molecule has 3 aromatic rings. The van der Waals surface area contributed by atoms with E-state index in [0.29, 0.717) is 6.04 Å². The number of aromatic nitrogens is 3. The van der Waals surface area contributed by atoms with Crippen molar-refractivity contribution in [3.8, 4) is 11.4 Å². The lowest BCUT2D eigenvalue weighted by molar-refractivity contribution is 0.318. The molecule has 0 amide bonds. The first-order chi connectivity index (χ1) is 12.8. The van der Waals surface area contributed by atoms with Crippen molar-refractivity contribution in [2.24, 2.45) is 5.92 Å². The van der Waals surface area contributed by atoms with E-state index in [1.807, 2.05) is 24.4 Å². The molecule has 26 heavy (non-hydrogen) atoms. The van der Waals surface area contributed by atoms with Crippen LogP contribution in [0.5, 0.6) is 0 Å². The van der Waals surface area contributed by atoms with Gasteiger partial charge in [-0.25, -0.2) is 9.97 Å².